The smallest absolute Gasteiger partial charge is 0.324 e. The van der Waals surface area contributed by atoms with Gasteiger partial charge in [0.15, 0.2) is 0 Å². The lowest BCUT2D eigenvalue weighted by molar-refractivity contribution is -0.146. The van der Waals surface area contributed by atoms with Crippen LogP contribution in [-0.2, 0) is 4.79 Å². The maximum absolute atomic E-state index is 12.9. The van der Waals surface area contributed by atoms with Crippen LogP contribution in [0, 0.1) is 0 Å². The fourth-order valence-corrected chi connectivity index (χ4v) is 1.42. The molecule has 0 aliphatic carbocycles. The largest absolute Gasteiger partial charge is 0.348 e. The Bertz CT molecular complexity index is 203. The molecule has 1 aliphatic heterocycles. The minimum absolute atomic E-state index is 0.0961. The highest BCUT2D eigenvalue weighted by Gasteiger charge is 2.37. The maximum Gasteiger partial charge on any atom is 0.324 e. The molecule has 0 radical (unpaired) electrons. The first kappa shape index (κ1) is 11.4. The van der Waals surface area contributed by atoms with E-state index < -0.39 is 18.3 Å². The molecule has 1 fully saturated rings. The zero-order valence-electron chi connectivity index (χ0n) is 8.28. The van der Waals surface area contributed by atoms with Gasteiger partial charge in [-0.25, -0.2) is 0 Å². The van der Waals surface area contributed by atoms with Crippen LogP contribution in [0.3, 0.4) is 0 Å². The Kier molecular flexibility index (Phi) is 3.80. The number of hydrogen-bond acceptors (Lipinski definition) is 2. The third kappa shape index (κ3) is 2.90. The van der Waals surface area contributed by atoms with Crippen LogP contribution in [0.2, 0.25) is 0 Å². The number of rotatable bonds is 3. The van der Waals surface area contributed by atoms with Gasteiger partial charge in [-0.1, -0.05) is 6.92 Å². The van der Waals surface area contributed by atoms with Crippen LogP contribution < -0.4 is 10.6 Å². The lowest BCUT2D eigenvalue weighted by Gasteiger charge is -2.25. The van der Waals surface area contributed by atoms with Crippen molar-refractivity contribution in [3.63, 3.8) is 0 Å². The molecule has 0 aromatic rings. The number of halogens is 2. The Balaban J connectivity index is 2.39. The first-order valence-electron chi connectivity index (χ1n) is 4.96. The van der Waals surface area contributed by atoms with Crippen LogP contribution in [0.5, 0.6) is 0 Å². The van der Waals surface area contributed by atoms with E-state index in [1.54, 1.807) is 0 Å². The topological polar surface area (TPSA) is 41.1 Å². The minimum Gasteiger partial charge on any atom is -0.348 e. The second-order valence-electron chi connectivity index (χ2n) is 3.56. The van der Waals surface area contributed by atoms with Crippen LogP contribution in [0.1, 0.15) is 26.2 Å². The van der Waals surface area contributed by atoms with E-state index in [9.17, 15) is 13.6 Å². The summed E-state index contributed by atoms with van der Waals surface area (Å²) in [5.74, 6) is -4.35. The van der Waals surface area contributed by atoms with E-state index in [0.29, 0.717) is 0 Å². The van der Waals surface area contributed by atoms with Crippen molar-refractivity contribution < 1.29 is 13.6 Å². The quantitative estimate of drug-likeness (QED) is 0.720. The molecule has 0 aromatic heterocycles. The third-order valence-electron chi connectivity index (χ3n) is 2.45. The third-order valence-corrected chi connectivity index (χ3v) is 2.45. The van der Waals surface area contributed by atoms with Crippen molar-refractivity contribution in [2.75, 3.05) is 13.1 Å². The predicted molar refractivity (Wildman–Crippen MR) is 49.3 cm³/mol. The van der Waals surface area contributed by atoms with Crippen molar-refractivity contribution in [1.29, 1.82) is 0 Å². The zero-order valence-corrected chi connectivity index (χ0v) is 8.28. The Morgan fingerprint density at radius 2 is 2.07 bits per heavy atom. The van der Waals surface area contributed by atoms with E-state index in [1.807, 2.05) is 0 Å². The number of amides is 1. The van der Waals surface area contributed by atoms with E-state index in [0.717, 1.165) is 25.9 Å². The molecule has 2 N–H and O–H groups in total. The Hall–Kier alpha value is -0.710. The van der Waals surface area contributed by atoms with E-state index in [-0.39, 0.29) is 6.04 Å². The average molecular weight is 206 g/mol. The fraction of sp³-hybridized carbons (Fsp3) is 0.889. The van der Waals surface area contributed by atoms with Crippen LogP contribution >= 0.6 is 0 Å². The molecule has 1 aliphatic rings. The van der Waals surface area contributed by atoms with Crippen LogP contribution in [0.15, 0.2) is 0 Å². The predicted octanol–water partition coefficient (Wildman–Crippen LogP) is 0.900. The molecule has 5 heteroatoms. The lowest BCUT2D eigenvalue weighted by Crippen LogP contribution is -2.48. The second kappa shape index (κ2) is 4.68. The minimum atomic E-state index is -3.22. The van der Waals surface area contributed by atoms with Gasteiger partial charge >= 0.3 is 5.92 Å². The molecule has 1 amide bonds. The molecule has 0 aromatic carbocycles. The van der Waals surface area contributed by atoms with Gasteiger partial charge in [-0.05, 0) is 25.9 Å². The van der Waals surface area contributed by atoms with E-state index >= 15 is 0 Å². The van der Waals surface area contributed by atoms with E-state index in [2.05, 4.69) is 10.6 Å². The number of carbonyl (C=O) groups is 1. The summed E-state index contributed by atoms with van der Waals surface area (Å²) in [6.45, 7) is 2.87. The highest BCUT2D eigenvalue weighted by atomic mass is 19.3. The van der Waals surface area contributed by atoms with Crippen molar-refractivity contribution >= 4 is 5.91 Å². The summed E-state index contributed by atoms with van der Waals surface area (Å²) in [4.78, 5) is 11.1. The highest BCUT2D eigenvalue weighted by molar-refractivity contribution is 5.83. The van der Waals surface area contributed by atoms with E-state index in [4.69, 9.17) is 0 Å². The molecule has 0 saturated carbocycles. The molecule has 0 atom stereocenters. The first-order valence-corrected chi connectivity index (χ1v) is 4.96. The fourth-order valence-electron chi connectivity index (χ4n) is 1.42. The average Bonchev–Trinajstić information content (AvgIpc) is 2.19. The van der Waals surface area contributed by atoms with Gasteiger partial charge in [0.1, 0.15) is 0 Å². The summed E-state index contributed by atoms with van der Waals surface area (Å²) in [6, 6.07) is -0.0961. The van der Waals surface area contributed by atoms with E-state index in [1.165, 1.54) is 6.92 Å². The van der Waals surface area contributed by atoms with Gasteiger partial charge < -0.3 is 10.6 Å². The van der Waals surface area contributed by atoms with Crippen molar-refractivity contribution in [2.24, 2.45) is 0 Å². The summed E-state index contributed by atoms with van der Waals surface area (Å²) in [6.07, 6.45) is 1.01. The highest BCUT2D eigenvalue weighted by Crippen LogP contribution is 2.18. The van der Waals surface area contributed by atoms with Crippen LogP contribution in [0.4, 0.5) is 8.78 Å². The Morgan fingerprint density at radius 1 is 1.50 bits per heavy atom. The molecule has 1 saturated heterocycles. The Labute approximate surface area is 82.2 Å². The number of nitrogens with one attached hydrogen (secondary N) is 2. The Morgan fingerprint density at radius 3 is 2.57 bits per heavy atom. The molecule has 0 unspecified atom stereocenters. The normalized spacial score (nSPS) is 19.4. The van der Waals surface area contributed by atoms with Crippen LogP contribution in [0.25, 0.3) is 0 Å². The van der Waals surface area contributed by atoms with Gasteiger partial charge in [0.05, 0.1) is 0 Å². The summed E-state index contributed by atoms with van der Waals surface area (Å²) in [5, 5.41) is 5.48. The molecule has 1 rings (SSSR count). The first-order chi connectivity index (χ1) is 6.56. The summed E-state index contributed by atoms with van der Waals surface area (Å²) in [5.41, 5.74) is 0. The van der Waals surface area contributed by atoms with Gasteiger partial charge in [0.2, 0.25) is 0 Å². The zero-order chi connectivity index (χ0) is 10.6. The van der Waals surface area contributed by atoms with Gasteiger partial charge in [-0.3, -0.25) is 4.79 Å². The van der Waals surface area contributed by atoms with Gasteiger partial charge in [-0.15, -0.1) is 0 Å². The van der Waals surface area contributed by atoms with Crippen LogP contribution in [-0.4, -0.2) is 31.0 Å². The van der Waals surface area contributed by atoms with Gasteiger partial charge in [0.25, 0.3) is 5.91 Å². The SMILES string of the molecule is CCC(F)(F)C(=O)NC1CCNCC1. The lowest BCUT2D eigenvalue weighted by atomic mass is 10.1. The summed E-state index contributed by atoms with van der Waals surface area (Å²) >= 11 is 0. The number of hydrogen-bond donors (Lipinski definition) is 2. The number of carbonyl (C=O) groups excluding carboxylic acids is 1. The van der Waals surface area contributed by atoms with Crippen molar-refractivity contribution in [1.82, 2.24) is 10.6 Å². The molecule has 3 nitrogen and oxygen atoms in total. The van der Waals surface area contributed by atoms with Crippen molar-refractivity contribution in [3.8, 4) is 0 Å². The van der Waals surface area contributed by atoms with Crippen molar-refractivity contribution in [2.45, 2.75) is 38.2 Å². The molecule has 82 valence electrons. The molecular weight excluding hydrogens is 190 g/mol. The molecule has 1 heterocycles. The maximum atomic E-state index is 12.9. The monoisotopic (exact) mass is 206 g/mol. The van der Waals surface area contributed by atoms with Gasteiger partial charge in [0, 0.05) is 12.5 Å². The summed E-state index contributed by atoms with van der Waals surface area (Å²) < 4.78 is 25.7. The standard InChI is InChI=1S/C9H16F2N2O/c1-2-9(10,11)8(14)13-7-3-5-12-6-4-7/h7,12H,2-6H2,1H3,(H,13,14). The number of alkyl halides is 2. The molecule has 0 spiro atoms. The van der Waals surface area contributed by atoms with Gasteiger partial charge in [-0.2, -0.15) is 8.78 Å². The van der Waals surface area contributed by atoms with Crippen molar-refractivity contribution in [3.05, 3.63) is 0 Å². The second-order valence-corrected chi connectivity index (χ2v) is 3.56. The molecular formula is C9H16F2N2O. The summed E-state index contributed by atoms with van der Waals surface area (Å²) in [7, 11) is 0. The molecule has 0 bridgehead atoms. The molecule has 14 heavy (non-hydrogen) atoms. The number of piperidine rings is 1.